The molecule has 0 spiro atoms. The second kappa shape index (κ2) is 7.37. The first-order valence-electron chi connectivity index (χ1n) is 9.76. The zero-order chi connectivity index (χ0) is 19.0. The summed E-state index contributed by atoms with van der Waals surface area (Å²) in [5.74, 6) is 0. The normalized spacial score (nSPS) is 20.9. The van der Waals surface area contributed by atoms with Crippen LogP contribution in [0.25, 0.3) is 0 Å². The minimum atomic E-state index is -3.59. The van der Waals surface area contributed by atoms with Gasteiger partial charge in [0.1, 0.15) is 4.90 Å². The molecule has 2 aliphatic heterocycles. The SMILES string of the molecule is CCCn1nc(C2CCCN2S(=O)(=O)c2cnn(CC)c2)c2c1CCOC2. The van der Waals surface area contributed by atoms with Crippen LogP contribution in [0.15, 0.2) is 17.3 Å². The van der Waals surface area contributed by atoms with Crippen molar-refractivity contribution in [1.82, 2.24) is 23.9 Å². The molecule has 4 heterocycles. The number of nitrogens with zero attached hydrogens (tertiary/aromatic N) is 5. The summed E-state index contributed by atoms with van der Waals surface area (Å²) in [6.07, 6.45) is 6.52. The van der Waals surface area contributed by atoms with E-state index in [1.54, 1.807) is 15.2 Å². The first-order chi connectivity index (χ1) is 13.1. The van der Waals surface area contributed by atoms with Gasteiger partial charge in [0.05, 0.1) is 31.1 Å². The smallest absolute Gasteiger partial charge is 0.246 e. The lowest BCUT2D eigenvalue weighted by Gasteiger charge is -2.23. The van der Waals surface area contributed by atoms with Gasteiger partial charge in [0.15, 0.2) is 0 Å². The van der Waals surface area contributed by atoms with Gasteiger partial charge in [-0.05, 0) is 26.2 Å². The highest BCUT2D eigenvalue weighted by Crippen LogP contribution is 2.39. The summed E-state index contributed by atoms with van der Waals surface area (Å²) in [7, 11) is -3.59. The number of sulfonamides is 1. The van der Waals surface area contributed by atoms with Gasteiger partial charge in [-0.15, -0.1) is 0 Å². The summed E-state index contributed by atoms with van der Waals surface area (Å²) in [5, 5.41) is 8.99. The zero-order valence-electron chi connectivity index (χ0n) is 16.0. The highest BCUT2D eigenvalue weighted by Gasteiger charge is 2.40. The molecule has 9 heteroatoms. The maximum absolute atomic E-state index is 13.3. The van der Waals surface area contributed by atoms with Crippen molar-refractivity contribution in [3.05, 3.63) is 29.3 Å². The third-order valence-electron chi connectivity index (χ3n) is 5.42. The average molecular weight is 394 g/mol. The summed E-state index contributed by atoms with van der Waals surface area (Å²) in [6, 6.07) is -0.228. The van der Waals surface area contributed by atoms with E-state index in [1.807, 2.05) is 6.92 Å². The molecule has 0 aromatic carbocycles. The molecule has 4 rings (SSSR count). The topological polar surface area (TPSA) is 82.3 Å². The van der Waals surface area contributed by atoms with Crippen molar-refractivity contribution in [2.24, 2.45) is 0 Å². The van der Waals surface area contributed by atoms with Crippen LogP contribution < -0.4 is 0 Å². The Kier molecular flexibility index (Phi) is 5.09. The van der Waals surface area contributed by atoms with Crippen LogP contribution >= 0.6 is 0 Å². The minimum absolute atomic E-state index is 0.228. The Balaban J connectivity index is 1.71. The van der Waals surface area contributed by atoms with Gasteiger partial charge in [0.2, 0.25) is 10.0 Å². The van der Waals surface area contributed by atoms with Crippen molar-refractivity contribution >= 4 is 10.0 Å². The molecule has 0 bridgehead atoms. The van der Waals surface area contributed by atoms with Crippen molar-refractivity contribution in [3.63, 3.8) is 0 Å². The monoisotopic (exact) mass is 393 g/mol. The summed E-state index contributed by atoms with van der Waals surface area (Å²) < 4.78 is 37.5. The molecule has 1 atom stereocenters. The van der Waals surface area contributed by atoms with E-state index < -0.39 is 10.0 Å². The van der Waals surface area contributed by atoms with Gasteiger partial charge < -0.3 is 4.74 Å². The summed E-state index contributed by atoms with van der Waals surface area (Å²) in [5.41, 5.74) is 3.18. The van der Waals surface area contributed by atoms with Crippen LogP contribution in [0.2, 0.25) is 0 Å². The van der Waals surface area contributed by atoms with E-state index in [4.69, 9.17) is 9.84 Å². The van der Waals surface area contributed by atoms with Gasteiger partial charge >= 0.3 is 0 Å². The van der Waals surface area contributed by atoms with Gasteiger partial charge in [0.25, 0.3) is 0 Å². The van der Waals surface area contributed by atoms with Crippen molar-refractivity contribution in [3.8, 4) is 0 Å². The largest absolute Gasteiger partial charge is 0.376 e. The Morgan fingerprint density at radius 1 is 1.33 bits per heavy atom. The van der Waals surface area contributed by atoms with Crippen LogP contribution in [-0.4, -0.2) is 45.4 Å². The quantitative estimate of drug-likeness (QED) is 0.751. The zero-order valence-corrected chi connectivity index (χ0v) is 16.8. The molecule has 0 aliphatic carbocycles. The summed E-state index contributed by atoms with van der Waals surface area (Å²) >= 11 is 0. The van der Waals surface area contributed by atoms with Crippen molar-refractivity contribution in [2.75, 3.05) is 13.2 Å². The molecule has 1 unspecified atom stereocenters. The molecule has 8 nitrogen and oxygen atoms in total. The molecule has 1 saturated heterocycles. The van der Waals surface area contributed by atoms with E-state index in [-0.39, 0.29) is 10.9 Å². The van der Waals surface area contributed by atoms with Gasteiger partial charge in [0, 0.05) is 43.5 Å². The third kappa shape index (κ3) is 3.21. The summed E-state index contributed by atoms with van der Waals surface area (Å²) in [6.45, 7) is 7.30. The first kappa shape index (κ1) is 18.6. The fourth-order valence-electron chi connectivity index (χ4n) is 4.09. The highest BCUT2D eigenvalue weighted by atomic mass is 32.2. The Labute approximate surface area is 160 Å². The van der Waals surface area contributed by atoms with Crippen LogP contribution in [-0.2, 0) is 40.9 Å². The number of aromatic nitrogens is 4. The fraction of sp³-hybridized carbons (Fsp3) is 0.667. The van der Waals surface area contributed by atoms with E-state index in [1.165, 1.54) is 11.9 Å². The first-order valence-corrected chi connectivity index (χ1v) is 11.2. The number of hydrogen-bond acceptors (Lipinski definition) is 5. The molecular formula is C18H27N5O3S. The van der Waals surface area contributed by atoms with Crippen LogP contribution in [0.3, 0.4) is 0 Å². The van der Waals surface area contributed by atoms with E-state index in [0.29, 0.717) is 26.3 Å². The Bertz CT molecular complexity index is 918. The number of fused-ring (bicyclic) bond motifs is 1. The fourth-order valence-corrected chi connectivity index (χ4v) is 5.70. The van der Waals surface area contributed by atoms with Gasteiger partial charge in [-0.1, -0.05) is 6.92 Å². The lowest BCUT2D eigenvalue weighted by atomic mass is 10.0. The summed E-state index contributed by atoms with van der Waals surface area (Å²) in [4.78, 5) is 0.259. The van der Waals surface area contributed by atoms with E-state index in [0.717, 1.165) is 43.5 Å². The van der Waals surface area contributed by atoms with Gasteiger partial charge in [-0.2, -0.15) is 14.5 Å². The standard InChI is InChI=1S/C18H27N5O3S/c1-3-8-22-16-7-10-26-13-15(16)18(20-22)17-6-5-9-23(17)27(24,25)14-11-19-21(4-2)12-14/h11-12,17H,3-10,13H2,1-2H3. The maximum Gasteiger partial charge on any atom is 0.246 e. The molecule has 2 aromatic heterocycles. The lowest BCUT2D eigenvalue weighted by Crippen LogP contribution is -2.31. The Hall–Kier alpha value is -1.71. The van der Waals surface area contributed by atoms with Gasteiger partial charge in [-0.3, -0.25) is 9.36 Å². The van der Waals surface area contributed by atoms with Crippen LogP contribution in [0.1, 0.15) is 56.1 Å². The number of ether oxygens (including phenoxy) is 1. The van der Waals surface area contributed by atoms with E-state index in [9.17, 15) is 8.42 Å². The van der Waals surface area contributed by atoms with Crippen LogP contribution in [0, 0.1) is 0 Å². The molecule has 0 amide bonds. The second-order valence-corrected chi connectivity index (χ2v) is 9.03. The molecular weight excluding hydrogens is 366 g/mol. The van der Waals surface area contributed by atoms with Crippen molar-refractivity contribution in [1.29, 1.82) is 0 Å². The second-order valence-electron chi connectivity index (χ2n) is 7.14. The maximum atomic E-state index is 13.3. The predicted octanol–water partition coefficient (Wildman–Crippen LogP) is 2.11. The molecule has 148 valence electrons. The van der Waals surface area contributed by atoms with Crippen molar-refractivity contribution < 1.29 is 13.2 Å². The average Bonchev–Trinajstić information content (AvgIpc) is 3.40. The molecule has 0 radical (unpaired) electrons. The lowest BCUT2D eigenvalue weighted by molar-refractivity contribution is 0.107. The molecule has 27 heavy (non-hydrogen) atoms. The van der Waals surface area contributed by atoms with E-state index >= 15 is 0 Å². The Morgan fingerprint density at radius 3 is 2.93 bits per heavy atom. The number of hydrogen-bond donors (Lipinski definition) is 0. The number of rotatable bonds is 6. The highest BCUT2D eigenvalue weighted by molar-refractivity contribution is 7.89. The van der Waals surface area contributed by atoms with Gasteiger partial charge in [-0.25, -0.2) is 8.42 Å². The Morgan fingerprint density at radius 2 is 2.19 bits per heavy atom. The molecule has 0 saturated carbocycles. The third-order valence-corrected chi connectivity index (χ3v) is 7.28. The molecule has 2 aromatic rings. The molecule has 2 aliphatic rings. The van der Waals surface area contributed by atoms with E-state index in [2.05, 4.69) is 16.7 Å². The number of aryl methyl sites for hydroxylation is 2. The van der Waals surface area contributed by atoms with Crippen LogP contribution in [0.5, 0.6) is 0 Å². The van der Waals surface area contributed by atoms with Crippen LogP contribution in [0.4, 0.5) is 0 Å². The van der Waals surface area contributed by atoms with Crippen molar-refractivity contribution in [2.45, 2.75) is 70.2 Å². The minimum Gasteiger partial charge on any atom is -0.376 e. The molecule has 1 fully saturated rings. The predicted molar refractivity (Wildman–Crippen MR) is 99.6 cm³/mol. The molecule has 0 N–H and O–H groups in total.